The van der Waals surface area contributed by atoms with Gasteiger partial charge in [-0.25, -0.2) is 13.2 Å². The summed E-state index contributed by atoms with van der Waals surface area (Å²) < 4.78 is 37.5. The molecule has 3 rings (SSSR count). The molecule has 0 spiro atoms. The number of benzene rings is 1. The van der Waals surface area contributed by atoms with E-state index in [2.05, 4.69) is 5.32 Å². The second-order valence-electron chi connectivity index (χ2n) is 5.59. The number of furan rings is 1. The first kappa shape index (κ1) is 16.9. The molecule has 0 atom stereocenters. The fourth-order valence-corrected chi connectivity index (χ4v) is 4.25. The Kier molecular flexibility index (Phi) is 4.62. The summed E-state index contributed by atoms with van der Waals surface area (Å²) in [5.41, 5.74) is 1.05. The lowest BCUT2D eigenvalue weighted by atomic mass is 10.1. The SMILES string of the molecule is CCOC(=O)c1oc2ccc(S(=O)(=O)N3CCNCC3)cc2c1C. The van der Waals surface area contributed by atoms with Gasteiger partial charge in [0, 0.05) is 37.1 Å². The van der Waals surface area contributed by atoms with Crippen LogP contribution in [0.1, 0.15) is 23.0 Å². The molecule has 7 nitrogen and oxygen atoms in total. The highest BCUT2D eigenvalue weighted by molar-refractivity contribution is 7.89. The Morgan fingerprint density at radius 3 is 2.71 bits per heavy atom. The highest BCUT2D eigenvalue weighted by Crippen LogP contribution is 2.29. The van der Waals surface area contributed by atoms with E-state index in [0.717, 1.165) is 0 Å². The van der Waals surface area contributed by atoms with Gasteiger partial charge in [-0.15, -0.1) is 0 Å². The Morgan fingerprint density at radius 2 is 2.04 bits per heavy atom. The predicted molar refractivity (Wildman–Crippen MR) is 88.5 cm³/mol. The molecule has 1 aliphatic heterocycles. The molecular formula is C16H20N2O5S. The third kappa shape index (κ3) is 2.92. The van der Waals surface area contributed by atoms with E-state index in [0.29, 0.717) is 42.7 Å². The van der Waals surface area contributed by atoms with Crippen LogP contribution in [0, 0.1) is 6.92 Å². The molecule has 0 saturated carbocycles. The predicted octanol–water partition coefficient (Wildman–Crippen LogP) is 1.51. The van der Waals surface area contributed by atoms with Crippen molar-refractivity contribution in [2.24, 2.45) is 0 Å². The number of hydrogen-bond donors (Lipinski definition) is 1. The molecule has 8 heteroatoms. The quantitative estimate of drug-likeness (QED) is 0.839. The lowest BCUT2D eigenvalue weighted by molar-refractivity contribution is 0.0491. The van der Waals surface area contributed by atoms with Gasteiger partial charge in [-0.05, 0) is 32.0 Å². The molecule has 0 amide bonds. The van der Waals surface area contributed by atoms with Gasteiger partial charge in [0.25, 0.3) is 0 Å². The molecule has 24 heavy (non-hydrogen) atoms. The number of hydrogen-bond acceptors (Lipinski definition) is 6. The van der Waals surface area contributed by atoms with Gasteiger partial charge in [0.05, 0.1) is 11.5 Å². The van der Waals surface area contributed by atoms with Crippen LogP contribution in [-0.2, 0) is 14.8 Å². The zero-order chi connectivity index (χ0) is 17.3. The molecule has 1 N–H and O–H groups in total. The summed E-state index contributed by atoms with van der Waals surface area (Å²) in [7, 11) is -3.56. The van der Waals surface area contributed by atoms with Crippen molar-refractivity contribution in [1.82, 2.24) is 9.62 Å². The molecule has 1 fully saturated rings. The maximum absolute atomic E-state index is 12.8. The molecule has 2 aromatic rings. The summed E-state index contributed by atoms with van der Waals surface area (Å²) in [5.74, 6) is -0.429. The largest absolute Gasteiger partial charge is 0.460 e. The standard InChI is InChI=1S/C16H20N2O5S/c1-3-22-16(19)15-11(2)13-10-12(4-5-14(13)23-15)24(20,21)18-8-6-17-7-9-18/h4-5,10,17H,3,6-9H2,1-2H3. The molecule has 2 heterocycles. The van der Waals surface area contributed by atoms with E-state index in [1.807, 2.05) is 0 Å². The Labute approximate surface area is 140 Å². The smallest absolute Gasteiger partial charge is 0.374 e. The van der Waals surface area contributed by atoms with Gasteiger partial charge in [0.1, 0.15) is 5.58 Å². The number of carbonyl (C=O) groups is 1. The van der Waals surface area contributed by atoms with Gasteiger partial charge >= 0.3 is 5.97 Å². The maximum atomic E-state index is 12.8. The average molecular weight is 352 g/mol. The lowest BCUT2D eigenvalue weighted by Gasteiger charge is -2.26. The maximum Gasteiger partial charge on any atom is 0.374 e. The van der Waals surface area contributed by atoms with Crippen LogP contribution in [0.2, 0.25) is 0 Å². The molecule has 0 unspecified atom stereocenters. The summed E-state index contributed by atoms with van der Waals surface area (Å²) in [4.78, 5) is 12.1. The second-order valence-corrected chi connectivity index (χ2v) is 7.53. The highest BCUT2D eigenvalue weighted by atomic mass is 32.2. The third-order valence-electron chi connectivity index (χ3n) is 4.08. The summed E-state index contributed by atoms with van der Waals surface area (Å²) in [6, 6.07) is 4.66. The van der Waals surface area contributed by atoms with Crippen molar-refractivity contribution in [2.75, 3.05) is 32.8 Å². The minimum Gasteiger partial charge on any atom is -0.460 e. The van der Waals surface area contributed by atoms with Crippen LogP contribution in [0.5, 0.6) is 0 Å². The van der Waals surface area contributed by atoms with Crippen molar-refractivity contribution in [1.29, 1.82) is 0 Å². The van der Waals surface area contributed by atoms with Gasteiger partial charge in [-0.3, -0.25) is 0 Å². The highest BCUT2D eigenvalue weighted by Gasteiger charge is 2.27. The number of nitrogens with one attached hydrogen (secondary N) is 1. The van der Waals surface area contributed by atoms with Crippen LogP contribution >= 0.6 is 0 Å². The molecule has 1 aliphatic rings. The first-order valence-corrected chi connectivity index (χ1v) is 9.30. The second kappa shape index (κ2) is 6.54. The lowest BCUT2D eigenvalue weighted by Crippen LogP contribution is -2.46. The summed E-state index contributed by atoms with van der Waals surface area (Å²) in [6.07, 6.45) is 0. The number of rotatable bonds is 4. The number of aryl methyl sites for hydroxylation is 1. The van der Waals surface area contributed by atoms with Crippen molar-refractivity contribution >= 4 is 27.0 Å². The van der Waals surface area contributed by atoms with Gasteiger partial charge in [-0.1, -0.05) is 0 Å². The number of ether oxygens (including phenoxy) is 1. The summed E-state index contributed by atoms with van der Waals surface area (Å²) in [5, 5.41) is 3.74. The van der Waals surface area contributed by atoms with E-state index < -0.39 is 16.0 Å². The Morgan fingerprint density at radius 1 is 1.33 bits per heavy atom. The first-order valence-electron chi connectivity index (χ1n) is 7.86. The number of carbonyl (C=O) groups excluding carboxylic acids is 1. The van der Waals surface area contributed by atoms with Crippen LogP contribution < -0.4 is 5.32 Å². The van der Waals surface area contributed by atoms with Crippen molar-refractivity contribution in [3.8, 4) is 0 Å². The van der Waals surface area contributed by atoms with Crippen LogP contribution in [0.25, 0.3) is 11.0 Å². The summed E-state index contributed by atoms with van der Waals surface area (Å²) >= 11 is 0. The van der Waals surface area contributed by atoms with Crippen LogP contribution in [0.15, 0.2) is 27.5 Å². The van der Waals surface area contributed by atoms with E-state index in [1.165, 1.54) is 10.4 Å². The molecule has 1 saturated heterocycles. The topological polar surface area (TPSA) is 88.8 Å². The normalized spacial score (nSPS) is 16.4. The number of nitrogens with zero attached hydrogens (tertiary/aromatic N) is 1. The number of sulfonamides is 1. The van der Waals surface area contributed by atoms with E-state index in [1.54, 1.807) is 26.0 Å². The fourth-order valence-electron chi connectivity index (χ4n) is 2.79. The number of piperazine rings is 1. The molecule has 1 aromatic heterocycles. The van der Waals surface area contributed by atoms with E-state index >= 15 is 0 Å². The van der Waals surface area contributed by atoms with Crippen LogP contribution in [0.3, 0.4) is 0 Å². The Hall–Kier alpha value is -1.90. The van der Waals surface area contributed by atoms with E-state index in [4.69, 9.17) is 9.15 Å². The summed E-state index contributed by atoms with van der Waals surface area (Å²) in [6.45, 7) is 5.85. The molecular weight excluding hydrogens is 332 g/mol. The van der Waals surface area contributed by atoms with Gasteiger partial charge < -0.3 is 14.5 Å². The fraction of sp³-hybridized carbons (Fsp3) is 0.438. The molecule has 0 bridgehead atoms. The van der Waals surface area contributed by atoms with E-state index in [9.17, 15) is 13.2 Å². The van der Waals surface area contributed by atoms with Crippen molar-refractivity contribution in [3.63, 3.8) is 0 Å². The minimum absolute atomic E-state index is 0.114. The van der Waals surface area contributed by atoms with Crippen molar-refractivity contribution in [2.45, 2.75) is 18.7 Å². The van der Waals surface area contributed by atoms with Crippen LogP contribution in [0.4, 0.5) is 0 Å². The van der Waals surface area contributed by atoms with E-state index in [-0.39, 0.29) is 17.3 Å². The monoisotopic (exact) mass is 352 g/mol. The Balaban J connectivity index is 2.02. The molecule has 1 aromatic carbocycles. The zero-order valence-corrected chi connectivity index (χ0v) is 14.5. The first-order chi connectivity index (χ1) is 11.4. The Bertz CT molecular complexity index is 866. The molecule has 0 aliphatic carbocycles. The van der Waals surface area contributed by atoms with Crippen LogP contribution in [-0.4, -0.2) is 51.5 Å². The van der Waals surface area contributed by atoms with Crippen molar-refractivity contribution < 1.29 is 22.4 Å². The number of esters is 1. The van der Waals surface area contributed by atoms with Gasteiger partial charge in [0.15, 0.2) is 0 Å². The number of fused-ring (bicyclic) bond motifs is 1. The molecule has 130 valence electrons. The van der Waals surface area contributed by atoms with Gasteiger partial charge in [0.2, 0.25) is 15.8 Å². The minimum atomic E-state index is -3.56. The molecule has 0 radical (unpaired) electrons. The van der Waals surface area contributed by atoms with Gasteiger partial charge in [-0.2, -0.15) is 4.31 Å². The zero-order valence-electron chi connectivity index (χ0n) is 13.7. The third-order valence-corrected chi connectivity index (χ3v) is 5.98. The average Bonchev–Trinajstić information content (AvgIpc) is 2.92. The van der Waals surface area contributed by atoms with Crippen molar-refractivity contribution in [3.05, 3.63) is 29.5 Å².